The highest BCUT2D eigenvalue weighted by Gasteiger charge is 2.10. The Hall–Kier alpha value is -3.18. The molecule has 142 valence electrons. The zero-order valence-corrected chi connectivity index (χ0v) is 15.6. The van der Waals surface area contributed by atoms with E-state index in [0.717, 1.165) is 5.56 Å². The molecule has 0 aliphatic heterocycles. The van der Waals surface area contributed by atoms with Crippen LogP contribution in [0.15, 0.2) is 72.8 Å². The fourth-order valence-corrected chi connectivity index (χ4v) is 2.60. The van der Waals surface area contributed by atoms with Crippen LogP contribution in [0.1, 0.15) is 21.5 Å². The first kappa shape index (κ1) is 19.6. The Labute approximate surface area is 166 Å². The second-order valence-electron chi connectivity index (χ2n) is 6.05. The third-order valence-corrected chi connectivity index (χ3v) is 4.25. The van der Waals surface area contributed by atoms with Crippen LogP contribution in [-0.2, 0) is 11.3 Å². The van der Waals surface area contributed by atoms with Gasteiger partial charge in [-0.15, -0.1) is 0 Å². The highest BCUT2D eigenvalue weighted by Crippen LogP contribution is 2.16. The van der Waals surface area contributed by atoms with E-state index in [1.54, 1.807) is 36.4 Å². The van der Waals surface area contributed by atoms with Gasteiger partial charge in [-0.25, -0.2) is 4.39 Å². The van der Waals surface area contributed by atoms with E-state index in [-0.39, 0.29) is 18.3 Å². The number of carbonyl (C=O) groups excluding carboxylic acids is 2. The summed E-state index contributed by atoms with van der Waals surface area (Å²) >= 11 is 5.82. The van der Waals surface area contributed by atoms with E-state index in [1.165, 1.54) is 24.3 Å². The van der Waals surface area contributed by atoms with Crippen LogP contribution in [0.25, 0.3) is 0 Å². The standard InChI is InChI=1S/C22H17ClFNO3/c23-18-7-1-15(2-8-18)13-25-21(26)14-28-20-11-5-17(6-12-20)22(27)16-3-9-19(24)10-4-16/h1-12H,13-14H2,(H,25,26). The van der Waals surface area contributed by atoms with Gasteiger partial charge in [0, 0.05) is 22.7 Å². The molecule has 3 aromatic rings. The molecule has 0 fully saturated rings. The molecule has 3 aromatic carbocycles. The Morgan fingerprint density at radius 1 is 0.857 bits per heavy atom. The number of ketones is 1. The minimum atomic E-state index is -0.394. The van der Waals surface area contributed by atoms with Crippen LogP contribution in [-0.4, -0.2) is 18.3 Å². The van der Waals surface area contributed by atoms with Gasteiger partial charge in [0.15, 0.2) is 12.4 Å². The molecule has 0 atom stereocenters. The van der Waals surface area contributed by atoms with E-state index < -0.39 is 5.82 Å². The summed E-state index contributed by atoms with van der Waals surface area (Å²) in [5, 5.41) is 3.39. The zero-order chi connectivity index (χ0) is 19.9. The van der Waals surface area contributed by atoms with Crippen molar-refractivity contribution >= 4 is 23.3 Å². The summed E-state index contributed by atoms with van der Waals surface area (Å²) in [5.74, 6) is -0.402. The Kier molecular flexibility index (Phi) is 6.40. The lowest BCUT2D eigenvalue weighted by atomic mass is 10.0. The zero-order valence-electron chi connectivity index (χ0n) is 14.8. The van der Waals surface area contributed by atoms with Gasteiger partial charge in [-0.1, -0.05) is 23.7 Å². The SMILES string of the molecule is O=C(COc1ccc(C(=O)c2ccc(F)cc2)cc1)NCc1ccc(Cl)cc1. The van der Waals surface area contributed by atoms with Crippen LogP contribution >= 0.6 is 11.6 Å². The van der Waals surface area contributed by atoms with E-state index in [0.29, 0.717) is 28.4 Å². The summed E-state index contributed by atoms with van der Waals surface area (Å²) in [6, 6.07) is 19.0. The van der Waals surface area contributed by atoms with Gasteiger partial charge in [-0.2, -0.15) is 0 Å². The van der Waals surface area contributed by atoms with E-state index in [2.05, 4.69) is 5.32 Å². The number of nitrogens with one attached hydrogen (secondary N) is 1. The van der Waals surface area contributed by atoms with Crippen LogP contribution in [0, 0.1) is 5.82 Å². The lowest BCUT2D eigenvalue weighted by Crippen LogP contribution is -2.28. The summed E-state index contributed by atoms with van der Waals surface area (Å²) in [6.07, 6.45) is 0. The smallest absolute Gasteiger partial charge is 0.258 e. The number of hydrogen-bond donors (Lipinski definition) is 1. The van der Waals surface area contributed by atoms with Crippen LogP contribution in [0.5, 0.6) is 5.75 Å². The predicted molar refractivity (Wildman–Crippen MR) is 105 cm³/mol. The van der Waals surface area contributed by atoms with E-state index in [9.17, 15) is 14.0 Å². The van der Waals surface area contributed by atoms with Crippen LogP contribution in [0.2, 0.25) is 5.02 Å². The van der Waals surface area contributed by atoms with Crippen molar-refractivity contribution in [3.8, 4) is 5.75 Å². The number of amides is 1. The van der Waals surface area contributed by atoms with Gasteiger partial charge in [0.1, 0.15) is 11.6 Å². The maximum Gasteiger partial charge on any atom is 0.258 e. The van der Waals surface area contributed by atoms with E-state index in [1.807, 2.05) is 12.1 Å². The van der Waals surface area contributed by atoms with Crippen molar-refractivity contribution in [2.75, 3.05) is 6.61 Å². The largest absolute Gasteiger partial charge is 0.484 e. The first-order valence-corrected chi connectivity index (χ1v) is 8.93. The Morgan fingerprint density at radius 2 is 1.43 bits per heavy atom. The first-order chi connectivity index (χ1) is 13.5. The van der Waals surface area contributed by atoms with Crippen LogP contribution in [0.4, 0.5) is 4.39 Å². The molecular formula is C22H17ClFNO3. The van der Waals surface area contributed by atoms with Crippen molar-refractivity contribution in [1.29, 1.82) is 0 Å². The quantitative estimate of drug-likeness (QED) is 0.601. The summed E-state index contributed by atoms with van der Waals surface area (Å²) in [4.78, 5) is 24.2. The number of halogens is 2. The summed E-state index contributed by atoms with van der Waals surface area (Å²) in [6.45, 7) is 0.239. The van der Waals surface area contributed by atoms with Gasteiger partial charge < -0.3 is 10.1 Å². The van der Waals surface area contributed by atoms with E-state index >= 15 is 0 Å². The molecule has 0 bridgehead atoms. The monoisotopic (exact) mass is 397 g/mol. The Bertz CT molecular complexity index is 955. The van der Waals surface area contributed by atoms with Crippen molar-refractivity contribution in [1.82, 2.24) is 5.32 Å². The molecule has 0 aliphatic rings. The van der Waals surface area contributed by atoms with Crippen molar-refractivity contribution < 1.29 is 18.7 Å². The van der Waals surface area contributed by atoms with Crippen molar-refractivity contribution in [3.05, 3.63) is 100 Å². The Balaban J connectivity index is 1.49. The summed E-state index contributed by atoms with van der Waals surface area (Å²) in [7, 11) is 0. The summed E-state index contributed by atoms with van der Waals surface area (Å²) < 4.78 is 18.4. The van der Waals surface area contributed by atoms with Crippen molar-refractivity contribution in [3.63, 3.8) is 0 Å². The lowest BCUT2D eigenvalue weighted by molar-refractivity contribution is -0.123. The predicted octanol–water partition coefficient (Wildman–Crippen LogP) is 4.41. The molecule has 0 saturated carbocycles. The fourth-order valence-electron chi connectivity index (χ4n) is 2.47. The van der Waals surface area contributed by atoms with Gasteiger partial charge in [0.25, 0.3) is 5.91 Å². The Morgan fingerprint density at radius 3 is 2.04 bits per heavy atom. The van der Waals surface area contributed by atoms with Gasteiger partial charge in [0.2, 0.25) is 0 Å². The second-order valence-corrected chi connectivity index (χ2v) is 6.49. The van der Waals surface area contributed by atoms with Gasteiger partial charge in [0.05, 0.1) is 0 Å². The maximum absolute atomic E-state index is 13.0. The third-order valence-electron chi connectivity index (χ3n) is 4.00. The maximum atomic E-state index is 13.0. The molecule has 0 heterocycles. The molecular weight excluding hydrogens is 381 g/mol. The number of rotatable bonds is 7. The molecule has 1 N–H and O–H groups in total. The highest BCUT2D eigenvalue weighted by molar-refractivity contribution is 6.30. The topological polar surface area (TPSA) is 55.4 Å². The molecule has 28 heavy (non-hydrogen) atoms. The highest BCUT2D eigenvalue weighted by atomic mass is 35.5. The number of carbonyl (C=O) groups is 2. The minimum Gasteiger partial charge on any atom is -0.484 e. The molecule has 6 heteroatoms. The summed E-state index contributed by atoms with van der Waals surface area (Å²) in [5.41, 5.74) is 1.78. The average molecular weight is 398 g/mol. The van der Waals surface area contributed by atoms with Gasteiger partial charge in [-0.3, -0.25) is 9.59 Å². The molecule has 3 rings (SSSR count). The third kappa shape index (κ3) is 5.41. The molecule has 0 aromatic heterocycles. The molecule has 0 radical (unpaired) electrons. The molecule has 4 nitrogen and oxygen atoms in total. The molecule has 0 spiro atoms. The van der Waals surface area contributed by atoms with Gasteiger partial charge in [-0.05, 0) is 66.2 Å². The average Bonchev–Trinajstić information content (AvgIpc) is 2.72. The fraction of sp³-hybridized carbons (Fsp3) is 0.0909. The molecule has 1 amide bonds. The number of hydrogen-bond acceptors (Lipinski definition) is 3. The molecule has 0 aliphatic carbocycles. The van der Waals surface area contributed by atoms with Crippen LogP contribution in [0.3, 0.4) is 0 Å². The van der Waals surface area contributed by atoms with E-state index in [4.69, 9.17) is 16.3 Å². The molecule has 0 saturated heterocycles. The van der Waals surface area contributed by atoms with Crippen molar-refractivity contribution in [2.24, 2.45) is 0 Å². The number of benzene rings is 3. The lowest BCUT2D eigenvalue weighted by Gasteiger charge is -2.08. The van der Waals surface area contributed by atoms with Crippen LogP contribution < -0.4 is 10.1 Å². The molecule has 0 unspecified atom stereocenters. The second kappa shape index (κ2) is 9.15. The van der Waals surface area contributed by atoms with Crippen molar-refractivity contribution in [2.45, 2.75) is 6.54 Å². The minimum absolute atomic E-state index is 0.140. The normalized spacial score (nSPS) is 10.4. The van der Waals surface area contributed by atoms with Gasteiger partial charge >= 0.3 is 0 Å². The number of ether oxygens (including phenoxy) is 1. The first-order valence-electron chi connectivity index (χ1n) is 8.55.